The highest BCUT2D eigenvalue weighted by Gasteiger charge is 2.30. The van der Waals surface area contributed by atoms with Crippen LogP contribution in [0.4, 0.5) is 24.8 Å². The molecule has 1 heterocycles. The monoisotopic (exact) mass is 283 g/mol. The van der Waals surface area contributed by atoms with Gasteiger partial charge in [0.2, 0.25) is 5.95 Å². The molecule has 0 aliphatic heterocycles. The number of imidazole rings is 1. The molecule has 0 atom stereocenters. The Morgan fingerprint density at radius 3 is 2.80 bits per heavy atom. The van der Waals surface area contributed by atoms with Crippen LogP contribution in [0, 0.1) is 0 Å². The number of alkyl halides is 3. The third kappa shape index (κ3) is 3.53. The van der Waals surface area contributed by atoms with Crippen molar-refractivity contribution < 1.29 is 13.2 Å². The van der Waals surface area contributed by atoms with Gasteiger partial charge in [-0.2, -0.15) is 13.2 Å². The Bertz CT molecular complexity index is 561. The van der Waals surface area contributed by atoms with Gasteiger partial charge in [0.1, 0.15) is 0 Å². The number of nitrogens with zero attached hydrogens (tertiary/aromatic N) is 2. The van der Waals surface area contributed by atoms with Crippen molar-refractivity contribution in [3.63, 3.8) is 0 Å². The molecule has 6 heteroatoms. The molecular weight excluding hydrogens is 267 g/mol. The summed E-state index contributed by atoms with van der Waals surface area (Å²) < 4.78 is 39.8. The lowest BCUT2D eigenvalue weighted by molar-refractivity contribution is -0.137. The quantitative estimate of drug-likeness (QED) is 0.878. The summed E-state index contributed by atoms with van der Waals surface area (Å²) in [6.45, 7) is 2.87. The van der Waals surface area contributed by atoms with E-state index in [1.807, 2.05) is 10.8 Å². The number of hydrogen-bond donors (Lipinski definition) is 1. The molecule has 0 radical (unpaired) electrons. The van der Waals surface area contributed by atoms with E-state index in [0.29, 0.717) is 11.6 Å². The molecule has 0 amide bonds. The smallest absolute Gasteiger partial charge is 0.326 e. The summed E-state index contributed by atoms with van der Waals surface area (Å²) in [6, 6.07) is 5.10. The van der Waals surface area contributed by atoms with E-state index in [4.69, 9.17) is 0 Å². The minimum absolute atomic E-state index is 0.378. The van der Waals surface area contributed by atoms with Gasteiger partial charge in [-0.3, -0.25) is 0 Å². The lowest BCUT2D eigenvalue weighted by Gasteiger charge is -2.11. The molecule has 2 aromatic rings. The van der Waals surface area contributed by atoms with Gasteiger partial charge in [-0.05, 0) is 24.6 Å². The number of halogens is 3. The molecule has 0 aliphatic rings. The van der Waals surface area contributed by atoms with Gasteiger partial charge >= 0.3 is 6.18 Å². The summed E-state index contributed by atoms with van der Waals surface area (Å²) in [7, 11) is 0. The zero-order valence-electron chi connectivity index (χ0n) is 11.1. The summed E-state index contributed by atoms with van der Waals surface area (Å²) in [5, 5.41) is 2.93. The molecule has 1 aromatic heterocycles. The fourth-order valence-electron chi connectivity index (χ4n) is 1.84. The maximum atomic E-state index is 12.6. The SMILES string of the molecule is CCCCn1ccnc1Nc1cccc(C(F)(F)F)c1. The molecule has 1 aromatic carbocycles. The van der Waals surface area contributed by atoms with Crippen LogP contribution in [0.3, 0.4) is 0 Å². The lowest BCUT2D eigenvalue weighted by Crippen LogP contribution is -2.07. The Balaban J connectivity index is 2.16. The normalized spacial score (nSPS) is 11.6. The second kappa shape index (κ2) is 5.98. The van der Waals surface area contributed by atoms with Crippen LogP contribution in [0.2, 0.25) is 0 Å². The van der Waals surface area contributed by atoms with E-state index in [1.54, 1.807) is 12.3 Å². The summed E-state index contributed by atoms with van der Waals surface area (Å²) in [5.41, 5.74) is -0.294. The van der Waals surface area contributed by atoms with E-state index in [2.05, 4.69) is 17.2 Å². The van der Waals surface area contributed by atoms with Crippen LogP contribution in [-0.2, 0) is 12.7 Å². The number of anilines is 2. The van der Waals surface area contributed by atoms with Crippen LogP contribution in [0.25, 0.3) is 0 Å². The molecule has 3 nitrogen and oxygen atoms in total. The number of rotatable bonds is 5. The Morgan fingerprint density at radius 2 is 2.10 bits per heavy atom. The number of benzene rings is 1. The molecule has 0 spiro atoms. The van der Waals surface area contributed by atoms with Crippen molar-refractivity contribution in [2.75, 3.05) is 5.32 Å². The Morgan fingerprint density at radius 1 is 1.30 bits per heavy atom. The first-order valence-electron chi connectivity index (χ1n) is 6.46. The fourth-order valence-corrected chi connectivity index (χ4v) is 1.84. The standard InChI is InChI=1S/C14H16F3N3/c1-2-3-8-20-9-7-18-13(20)19-12-6-4-5-11(10-12)14(15,16)17/h4-7,9-10H,2-3,8H2,1H3,(H,18,19). The van der Waals surface area contributed by atoms with Crippen molar-refractivity contribution in [3.8, 4) is 0 Å². The summed E-state index contributed by atoms with van der Waals surface area (Å²) >= 11 is 0. The summed E-state index contributed by atoms with van der Waals surface area (Å²) in [4.78, 5) is 4.13. The molecule has 0 saturated heterocycles. The van der Waals surface area contributed by atoms with Crippen molar-refractivity contribution in [2.45, 2.75) is 32.5 Å². The highest BCUT2D eigenvalue weighted by Crippen LogP contribution is 2.31. The van der Waals surface area contributed by atoms with Gasteiger partial charge in [-0.25, -0.2) is 4.98 Å². The third-order valence-electron chi connectivity index (χ3n) is 2.91. The van der Waals surface area contributed by atoms with Gasteiger partial charge in [0.25, 0.3) is 0 Å². The average molecular weight is 283 g/mol. The van der Waals surface area contributed by atoms with Gasteiger partial charge < -0.3 is 9.88 Å². The Labute approximate surface area is 115 Å². The third-order valence-corrected chi connectivity index (χ3v) is 2.91. The van der Waals surface area contributed by atoms with E-state index < -0.39 is 11.7 Å². The van der Waals surface area contributed by atoms with Gasteiger partial charge in [-0.15, -0.1) is 0 Å². The number of hydrogen-bond acceptors (Lipinski definition) is 2. The predicted molar refractivity (Wildman–Crippen MR) is 71.9 cm³/mol. The fraction of sp³-hybridized carbons (Fsp3) is 0.357. The largest absolute Gasteiger partial charge is 0.416 e. The number of aromatic nitrogens is 2. The predicted octanol–water partition coefficient (Wildman–Crippen LogP) is 4.45. The molecule has 0 unspecified atom stereocenters. The van der Waals surface area contributed by atoms with E-state index in [9.17, 15) is 13.2 Å². The molecule has 0 aliphatic carbocycles. The van der Waals surface area contributed by atoms with E-state index in [0.717, 1.165) is 31.5 Å². The Hall–Kier alpha value is -1.98. The van der Waals surface area contributed by atoms with Gasteiger partial charge in [0, 0.05) is 24.6 Å². The van der Waals surface area contributed by atoms with Crippen LogP contribution in [0.5, 0.6) is 0 Å². The first kappa shape index (κ1) is 14.4. The zero-order chi connectivity index (χ0) is 14.6. The summed E-state index contributed by atoms with van der Waals surface area (Å²) in [5.74, 6) is 0.553. The molecule has 1 N–H and O–H groups in total. The van der Waals surface area contributed by atoms with Crippen molar-refractivity contribution in [2.24, 2.45) is 0 Å². The van der Waals surface area contributed by atoms with Crippen LogP contribution >= 0.6 is 0 Å². The molecule has 108 valence electrons. The van der Waals surface area contributed by atoms with Gasteiger partial charge in [0.05, 0.1) is 5.56 Å². The van der Waals surface area contributed by atoms with E-state index in [1.165, 1.54) is 6.07 Å². The van der Waals surface area contributed by atoms with Crippen molar-refractivity contribution >= 4 is 11.6 Å². The number of unbranched alkanes of at least 4 members (excludes halogenated alkanes) is 1. The van der Waals surface area contributed by atoms with E-state index in [-0.39, 0.29) is 0 Å². The van der Waals surface area contributed by atoms with Crippen LogP contribution in [-0.4, -0.2) is 9.55 Å². The lowest BCUT2D eigenvalue weighted by atomic mass is 10.2. The van der Waals surface area contributed by atoms with Crippen molar-refractivity contribution in [1.29, 1.82) is 0 Å². The van der Waals surface area contributed by atoms with Crippen molar-refractivity contribution in [1.82, 2.24) is 9.55 Å². The first-order valence-corrected chi connectivity index (χ1v) is 6.46. The molecule has 2 rings (SSSR count). The minimum atomic E-state index is -4.34. The molecule has 0 fully saturated rings. The zero-order valence-corrected chi connectivity index (χ0v) is 11.1. The van der Waals surface area contributed by atoms with E-state index >= 15 is 0 Å². The maximum absolute atomic E-state index is 12.6. The van der Waals surface area contributed by atoms with Crippen LogP contribution < -0.4 is 5.32 Å². The first-order chi connectivity index (χ1) is 9.50. The minimum Gasteiger partial charge on any atom is -0.326 e. The Kier molecular flexibility index (Phi) is 4.32. The molecule has 20 heavy (non-hydrogen) atoms. The van der Waals surface area contributed by atoms with Gasteiger partial charge in [0.15, 0.2) is 0 Å². The highest BCUT2D eigenvalue weighted by molar-refractivity contribution is 5.55. The second-order valence-corrected chi connectivity index (χ2v) is 4.50. The highest BCUT2D eigenvalue weighted by atomic mass is 19.4. The molecule has 0 saturated carbocycles. The summed E-state index contributed by atoms with van der Waals surface area (Å²) in [6.07, 6.45) is 1.14. The molecular formula is C14H16F3N3. The van der Waals surface area contributed by atoms with Gasteiger partial charge in [-0.1, -0.05) is 19.4 Å². The van der Waals surface area contributed by atoms with Crippen LogP contribution in [0.1, 0.15) is 25.3 Å². The number of aryl methyl sites for hydroxylation is 1. The van der Waals surface area contributed by atoms with Crippen LogP contribution in [0.15, 0.2) is 36.7 Å². The maximum Gasteiger partial charge on any atom is 0.416 e. The average Bonchev–Trinajstić information content (AvgIpc) is 2.83. The molecule has 0 bridgehead atoms. The number of nitrogens with one attached hydrogen (secondary N) is 1. The van der Waals surface area contributed by atoms with Crippen molar-refractivity contribution in [3.05, 3.63) is 42.2 Å². The second-order valence-electron chi connectivity index (χ2n) is 4.50. The topological polar surface area (TPSA) is 29.9 Å².